The van der Waals surface area contributed by atoms with Gasteiger partial charge in [0.1, 0.15) is 11.2 Å². The van der Waals surface area contributed by atoms with Crippen LogP contribution >= 0.6 is 0 Å². The van der Waals surface area contributed by atoms with Gasteiger partial charge in [0.15, 0.2) is 5.65 Å². The molecule has 0 bridgehead atoms. The molecule has 0 fully saturated rings. The molecule has 0 spiro atoms. The second-order valence-corrected chi connectivity index (χ2v) is 4.41. The highest BCUT2D eigenvalue weighted by atomic mass is 15.1. The van der Waals surface area contributed by atoms with Crippen LogP contribution in [0.4, 0.5) is 5.95 Å². The van der Waals surface area contributed by atoms with E-state index in [1.165, 1.54) is 11.1 Å². The zero-order valence-electron chi connectivity index (χ0n) is 10.2. The van der Waals surface area contributed by atoms with Crippen molar-refractivity contribution in [1.29, 1.82) is 0 Å². The van der Waals surface area contributed by atoms with Crippen molar-refractivity contribution >= 4 is 17.1 Å². The first-order chi connectivity index (χ1) is 8.63. The quantitative estimate of drug-likeness (QED) is 0.682. The summed E-state index contributed by atoms with van der Waals surface area (Å²) in [6.07, 6.45) is 1.60. The first kappa shape index (κ1) is 10.7. The molecule has 0 unspecified atom stereocenters. The fourth-order valence-electron chi connectivity index (χ4n) is 2.17. The molecule has 0 aliphatic carbocycles. The van der Waals surface area contributed by atoms with E-state index in [9.17, 15) is 0 Å². The fourth-order valence-corrected chi connectivity index (χ4v) is 2.17. The van der Waals surface area contributed by atoms with Crippen molar-refractivity contribution in [2.24, 2.45) is 0 Å². The number of imidazole rings is 1. The Bertz CT molecular complexity index is 709. The normalized spacial score (nSPS) is 11.0. The third-order valence-electron chi connectivity index (χ3n) is 2.80. The van der Waals surface area contributed by atoms with Gasteiger partial charge in [-0.05, 0) is 26.0 Å². The van der Waals surface area contributed by atoms with Crippen molar-refractivity contribution in [2.75, 3.05) is 5.73 Å². The largest absolute Gasteiger partial charge is 0.368 e. The first-order valence-corrected chi connectivity index (χ1v) is 5.69. The standard InChI is InChI=1S/C13H13N5/c1-7-3-8(2)5-9(4-7)10-11-12(16-6-15-11)18-13(14)17-10/h3-6H,1-2H3,(H3,14,15,16,17,18). The van der Waals surface area contributed by atoms with E-state index in [0.717, 1.165) is 16.8 Å². The predicted octanol–water partition coefficient (Wildman–Crippen LogP) is 2.22. The summed E-state index contributed by atoms with van der Waals surface area (Å²) in [5.41, 5.74) is 11.3. The molecule has 0 saturated carbocycles. The van der Waals surface area contributed by atoms with Crippen LogP contribution in [0.3, 0.4) is 0 Å². The molecule has 2 heterocycles. The molecule has 3 rings (SSSR count). The topological polar surface area (TPSA) is 80.5 Å². The third kappa shape index (κ3) is 1.69. The summed E-state index contributed by atoms with van der Waals surface area (Å²) in [7, 11) is 0. The fraction of sp³-hybridized carbons (Fsp3) is 0.154. The molecule has 3 N–H and O–H groups in total. The number of nitrogens with two attached hydrogens (primary N) is 1. The van der Waals surface area contributed by atoms with Gasteiger partial charge in [-0.1, -0.05) is 17.2 Å². The molecule has 1 aromatic carbocycles. The highest BCUT2D eigenvalue weighted by Gasteiger charge is 2.11. The summed E-state index contributed by atoms with van der Waals surface area (Å²) in [4.78, 5) is 15.6. The van der Waals surface area contributed by atoms with Crippen LogP contribution in [0.1, 0.15) is 11.1 Å². The van der Waals surface area contributed by atoms with Crippen LogP contribution in [0.5, 0.6) is 0 Å². The van der Waals surface area contributed by atoms with Gasteiger partial charge in [-0.25, -0.2) is 9.97 Å². The number of H-pyrrole nitrogens is 1. The summed E-state index contributed by atoms with van der Waals surface area (Å²) in [6, 6.07) is 6.28. The van der Waals surface area contributed by atoms with E-state index < -0.39 is 0 Å². The van der Waals surface area contributed by atoms with Crippen LogP contribution in [0.2, 0.25) is 0 Å². The molecular weight excluding hydrogens is 226 g/mol. The zero-order valence-corrected chi connectivity index (χ0v) is 10.2. The lowest BCUT2D eigenvalue weighted by molar-refractivity contribution is 1.21. The number of aromatic nitrogens is 4. The Morgan fingerprint density at radius 2 is 1.78 bits per heavy atom. The minimum atomic E-state index is 0.240. The second kappa shape index (κ2) is 3.80. The van der Waals surface area contributed by atoms with E-state index in [1.54, 1.807) is 6.33 Å². The monoisotopic (exact) mass is 239 g/mol. The van der Waals surface area contributed by atoms with E-state index >= 15 is 0 Å². The Hall–Kier alpha value is -2.43. The highest BCUT2D eigenvalue weighted by Crippen LogP contribution is 2.26. The number of anilines is 1. The van der Waals surface area contributed by atoms with Crippen LogP contribution < -0.4 is 5.73 Å². The molecule has 0 atom stereocenters. The Kier molecular flexibility index (Phi) is 2.26. The van der Waals surface area contributed by atoms with E-state index in [-0.39, 0.29) is 5.95 Å². The lowest BCUT2D eigenvalue weighted by Crippen LogP contribution is -1.98. The summed E-state index contributed by atoms with van der Waals surface area (Å²) < 4.78 is 0. The number of fused-ring (bicyclic) bond motifs is 1. The number of benzene rings is 1. The average Bonchev–Trinajstić information content (AvgIpc) is 2.74. The van der Waals surface area contributed by atoms with Crippen molar-refractivity contribution in [3.63, 3.8) is 0 Å². The average molecular weight is 239 g/mol. The second-order valence-electron chi connectivity index (χ2n) is 4.41. The lowest BCUT2D eigenvalue weighted by Gasteiger charge is -2.06. The van der Waals surface area contributed by atoms with Gasteiger partial charge < -0.3 is 10.7 Å². The van der Waals surface area contributed by atoms with Crippen LogP contribution in [0.15, 0.2) is 24.5 Å². The minimum Gasteiger partial charge on any atom is -0.368 e. The van der Waals surface area contributed by atoms with Crippen LogP contribution in [0.25, 0.3) is 22.4 Å². The summed E-state index contributed by atoms with van der Waals surface area (Å²) in [5.74, 6) is 0.240. The van der Waals surface area contributed by atoms with Gasteiger partial charge in [0.05, 0.1) is 6.33 Å². The zero-order chi connectivity index (χ0) is 12.7. The summed E-state index contributed by atoms with van der Waals surface area (Å²) in [6.45, 7) is 4.12. The Morgan fingerprint density at radius 3 is 2.50 bits per heavy atom. The van der Waals surface area contributed by atoms with Gasteiger partial charge in [0, 0.05) is 5.56 Å². The van der Waals surface area contributed by atoms with Gasteiger partial charge in [0.2, 0.25) is 5.95 Å². The van der Waals surface area contributed by atoms with Gasteiger partial charge in [-0.2, -0.15) is 4.98 Å². The molecule has 90 valence electrons. The number of nitrogens with zero attached hydrogens (tertiary/aromatic N) is 3. The van der Waals surface area contributed by atoms with Gasteiger partial charge in [0.25, 0.3) is 0 Å². The maximum Gasteiger partial charge on any atom is 0.222 e. The number of nitrogen functional groups attached to an aromatic ring is 1. The van der Waals surface area contributed by atoms with E-state index in [1.807, 2.05) is 0 Å². The number of hydrogen-bond acceptors (Lipinski definition) is 4. The molecule has 0 radical (unpaired) electrons. The Balaban J connectivity index is 2.33. The maximum absolute atomic E-state index is 5.72. The van der Waals surface area contributed by atoms with Crippen molar-refractivity contribution in [1.82, 2.24) is 19.9 Å². The smallest absolute Gasteiger partial charge is 0.222 e. The van der Waals surface area contributed by atoms with E-state index in [4.69, 9.17) is 5.73 Å². The number of rotatable bonds is 1. The Morgan fingerprint density at radius 1 is 1.06 bits per heavy atom. The number of aromatic amines is 1. The molecule has 5 heteroatoms. The van der Waals surface area contributed by atoms with Gasteiger partial charge >= 0.3 is 0 Å². The van der Waals surface area contributed by atoms with Gasteiger partial charge in [-0.3, -0.25) is 0 Å². The molecule has 5 nitrogen and oxygen atoms in total. The van der Waals surface area contributed by atoms with Crippen LogP contribution in [-0.2, 0) is 0 Å². The molecular formula is C13H13N5. The SMILES string of the molecule is Cc1cc(C)cc(-c2nc(N)nc3nc[nH]c23)c1. The molecule has 0 aliphatic rings. The summed E-state index contributed by atoms with van der Waals surface area (Å²) in [5, 5.41) is 0. The lowest BCUT2D eigenvalue weighted by atomic mass is 10.0. The van der Waals surface area contributed by atoms with Crippen LogP contribution in [-0.4, -0.2) is 19.9 Å². The van der Waals surface area contributed by atoms with E-state index in [2.05, 4.69) is 52.0 Å². The predicted molar refractivity (Wildman–Crippen MR) is 71.0 cm³/mol. The van der Waals surface area contributed by atoms with Crippen LogP contribution in [0, 0.1) is 13.8 Å². The van der Waals surface area contributed by atoms with Crippen molar-refractivity contribution < 1.29 is 0 Å². The molecule has 2 aromatic heterocycles. The Labute approximate surface area is 104 Å². The van der Waals surface area contributed by atoms with Crippen molar-refractivity contribution in [3.05, 3.63) is 35.7 Å². The summed E-state index contributed by atoms with van der Waals surface area (Å²) >= 11 is 0. The highest BCUT2D eigenvalue weighted by molar-refractivity contribution is 5.88. The molecule has 18 heavy (non-hydrogen) atoms. The third-order valence-corrected chi connectivity index (χ3v) is 2.80. The molecule has 0 amide bonds. The molecule has 0 saturated heterocycles. The minimum absolute atomic E-state index is 0.240. The number of hydrogen-bond donors (Lipinski definition) is 2. The molecule has 3 aromatic rings. The van der Waals surface area contributed by atoms with E-state index in [0.29, 0.717) is 5.65 Å². The maximum atomic E-state index is 5.72. The van der Waals surface area contributed by atoms with Gasteiger partial charge in [-0.15, -0.1) is 0 Å². The van der Waals surface area contributed by atoms with Crippen molar-refractivity contribution in [3.8, 4) is 11.3 Å². The number of nitrogens with one attached hydrogen (secondary N) is 1. The first-order valence-electron chi connectivity index (χ1n) is 5.69. The molecule has 0 aliphatic heterocycles. The number of aryl methyl sites for hydroxylation is 2. The van der Waals surface area contributed by atoms with Crippen molar-refractivity contribution in [2.45, 2.75) is 13.8 Å².